The molecule has 1 N–H and O–H groups in total. The first-order valence-electron chi connectivity index (χ1n) is 15.0. The monoisotopic (exact) mass is 579 g/mol. The highest BCUT2D eigenvalue weighted by Gasteiger charge is 2.64. The number of rotatable bonds is 14. The smallest absolute Gasteiger partial charge is 0.234 e. The molecule has 0 saturated heterocycles. The zero-order chi connectivity index (χ0) is 30.4. The highest BCUT2D eigenvalue weighted by atomic mass is 16.7. The third-order valence-electron chi connectivity index (χ3n) is 8.71. The summed E-state index contributed by atoms with van der Waals surface area (Å²) in [5.41, 5.74) is 1.07. The van der Waals surface area contributed by atoms with Gasteiger partial charge >= 0.3 is 0 Å². The molecule has 1 aliphatic carbocycles. The van der Waals surface area contributed by atoms with Gasteiger partial charge in [-0.15, -0.1) is 0 Å². The molecule has 4 rings (SSSR count). The minimum absolute atomic E-state index is 0.0481. The Hall–Kier alpha value is -3.59. The van der Waals surface area contributed by atoms with E-state index in [-0.39, 0.29) is 30.4 Å². The first-order valence-corrected chi connectivity index (χ1v) is 15.0. The van der Waals surface area contributed by atoms with Crippen LogP contribution >= 0.6 is 0 Å². The molecule has 0 aromatic heterocycles. The number of ether oxygens (including phenoxy) is 3. The Kier molecular flexibility index (Phi) is 10.1. The maximum atomic E-state index is 13.7. The highest BCUT2D eigenvalue weighted by molar-refractivity contribution is 6.10. The number of carbonyl (C=O) groups is 3. The van der Waals surface area contributed by atoms with Gasteiger partial charge in [-0.25, -0.2) is 0 Å². The summed E-state index contributed by atoms with van der Waals surface area (Å²) >= 11 is 0. The summed E-state index contributed by atoms with van der Waals surface area (Å²) in [5, 5.41) is 3.14. The Bertz CT molecular complexity index is 1260. The van der Waals surface area contributed by atoms with Gasteiger partial charge in [0.2, 0.25) is 18.6 Å². The van der Waals surface area contributed by atoms with Crippen LogP contribution in [0.4, 0.5) is 0 Å². The lowest BCUT2D eigenvalue weighted by Gasteiger charge is -2.51. The van der Waals surface area contributed by atoms with Crippen molar-refractivity contribution in [3.63, 3.8) is 0 Å². The summed E-state index contributed by atoms with van der Waals surface area (Å²) in [4.78, 5) is 43.6. The van der Waals surface area contributed by atoms with Gasteiger partial charge in [0.15, 0.2) is 17.3 Å². The quantitative estimate of drug-likeness (QED) is 0.332. The van der Waals surface area contributed by atoms with E-state index < -0.39 is 17.4 Å². The van der Waals surface area contributed by atoms with E-state index in [1.807, 2.05) is 82.4 Å². The van der Waals surface area contributed by atoms with Crippen LogP contribution in [0.25, 0.3) is 0 Å². The van der Waals surface area contributed by atoms with Crippen LogP contribution in [-0.4, -0.2) is 74.5 Å². The van der Waals surface area contributed by atoms with Gasteiger partial charge < -0.3 is 29.3 Å². The SMILES string of the molecule is CCCC(NC(=O)C1C(=O)C(CC)(CC)[C@@H]1Oc1ccc(CC(=O)N(C)CCN(C)C)cc1)c1ccc2c(c1)OCO2. The van der Waals surface area contributed by atoms with Gasteiger partial charge in [-0.3, -0.25) is 14.4 Å². The van der Waals surface area contributed by atoms with Gasteiger partial charge in [-0.2, -0.15) is 0 Å². The number of hydrogen-bond acceptors (Lipinski definition) is 7. The second-order valence-electron chi connectivity index (χ2n) is 11.6. The maximum absolute atomic E-state index is 13.7. The van der Waals surface area contributed by atoms with Crippen molar-refractivity contribution in [1.29, 1.82) is 0 Å². The standard InChI is InChI=1S/C33H45N3O6/c1-7-10-25(23-13-16-26-27(20-23)41-21-40-26)34-32(39)29-30(38)33(8-2,9-3)31(29)42-24-14-11-22(12-15-24)19-28(37)36(6)18-17-35(4)5/h11-16,20,25,29,31H,7-10,17-19,21H2,1-6H3,(H,34,39)/t25?,29?,31-/m1/s1. The lowest BCUT2D eigenvalue weighted by atomic mass is 9.55. The number of Topliss-reactive ketones (excluding diaryl/α,β-unsaturated/α-hetero) is 1. The van der Waals surface area contributed by atoms with Crippen molar-refractivity contribution in [2.75, 3.05) is 41.0 Å². The van der Waals surface area contributed by atoms with Crippen molar-refractivity contribution < 1.29 is 28.6 Å². The minimum atomic E-state index is -0.898. The van der Waals surface area contributed by atoms with Crippen LogP contribution in [-0.2, 0) is 20.8 Å². The van der Waals surface area contributed by atoms with Crippen LogP contribution in [0.3, 0.4) is 0 Å². The van der Waals surface area contributed by atoms with Gasteiger partial charge in [-0.05, 0) is 68.8 Å². The average Bonchev–Trinajstić information content (AvgIpc) is 3.45. The van der Waals surface area contributed by atoms with E-state index in [9.17, 15) is 14.4 Å². The van der Waals surface area contributed by atoms with Crippen molar-refractivity contribution in [1.82, 2.24) is 15.1 Å². The van der Waals surface area contributed by atoms with Gasteiger partial charge in [0.25, 0.3) is 0 Å². The zero-order valence-electron chi connectivity index (χ0n) is 25.8. The van der Waals surface area contributed by atoms with Crippen LogP contribution < -0.4 is 19.5 Å². The summed E-state index contributed by atoms with van der Waals surface area (Å²) in [6.07, 6.45) is 2.46. The zero-order valence-corrected chi connectivity index (χ0v) is 25.8. The van der Waals surface area contributed by atoms with Crippen LogP contribution in [0.2, 0.25) is 0 Å². The Morgan fingerprint density at radius 3 is 2.33 bits per heavy atom. The lowest BCUT2D eigenvalue weighted by molar-refractivity contribution is -0.173. The number of amides is 2. The number of fused-ring (bicyclic) bond motifs is 1. The Balaban J connectivity index is 1.46. The van der Waals surface area contributed by atoms with Crippen molar-refractivity contribution in [2.45, 2.75) is 65.0 Å². The van der Waals surface area contributed by atoms with Crippen molar-refractivity contribution in [2.24, 2.45) is 11.3 Å². The minimum Gasteiger partial charge on any atom is -0.488 e. The van der Waals surface area contributed by atoms with Crippen molar-refractivity contribution in [3.8, 4) is 17.2 Å². The molecule has 2 aliphatic rings. The third kappa shape index (κ3) is 6.56. The first kappa shape index (κ1) is 31.3. The fourth-order valence-corrected chi connectivity index (χ4v) is 5.87. The Labute approximate surface area is 249 Å². The number of nitrogens with zero attached hydrogens (tertiary/aromatic N) is 2. The predicted octanol–water partition coefficient (Wildman–Crippen LogP) is 4.39. The summed E-state index contributed by atoms with van der Waals surface area (Å²) in [6.45, 7) is 7.65. The lowest BCUT2D eigenvalue weighted by Crippen LogP contribution is -2.68. The Morgan fingerprint density at radius 1 is 1.00 bits per heavy atom. The predicted molar refractivity (Wildman–Crippen MR) is 161 cm³/mol. The van der Waals surface area contributed by atoms with Crippen molar-refractivity contribution in [3.05, 3.63) is 53.6 Å². The van der Waals surface area contributed by atoms with Crippen LogP contribution in [0.1, 0.15) is 63.6 Å². The number of carbonyl (C=O) groups excluding carboxylic acids is 3. The largest absolute Gasteiger partial charge is 0.488 e. The molecule has 2 unspecified atom stereocenters. The molecule has 1 heterocycles. The fourth-order valence-electron chi connectivity index (χ4n) is 5.87. The van der Waals surface area contributed by atoms with Crippen LogP contribution in [0.5, 0.6) is 17.2 Å². The van der Waals surface area contributed by atoms with E-state index in [1.54, 1.807) is 4.90 Å². The number of benzene rings is 2. The maximum Gasteiger partial charge on any atom is 0.234 e. The van der Waals surface area contributed by atoms with Crippen LogP contribution in [0.15, 0.2) is 42.5 Å². The molecule has 2 aromatic rings. The normalized spacial score (nSPS) is 19.3. The molecule has 0 bridgehead atoms. The summed E-state index contributed by atoms with van der Waals surface area (Å²) in [5.74, 6) is 0.683. The number of likely N-dealkylation sites (N-methyl/N-ethyl adjacent to an activating group) is 2. The average molecular weight is 580 g/mol. The van der Waals surface area contributed by atoms with Gasteiger partial charge in [0, 0.05) is 20.1 Å². The van der Waals surface area contributed by atoms with E-state index in [4.69, 9.17) is 14.2 Å². The molecule has 0 spiro atoms. The molecular weight excluding hydrogens is 534 g/mol. The third-order valence-corrected chi connectivity index (χ3v) is 8.71. The molecule has 1 saturated carbocycles. The highest BCUT2D eigenvalue weighted by Crippen LogP contribution is 2.50. The summed E-state index contributed by atoms with van der Waals surface area (Å²) in [6, 6.07) is 12.8. The molecule has 228 valence electrons. The number of hydrogen-bond donors (Lipinski definition) is 1. The number of ketones is 1. The molecule has 0 radical (unpaired) electrons. The number of nitrogens with one attached hydrogen (secondary N) is 1. The van der Waals surface area contributed by atoms with Gasteiger partial charge in [-0.1, -0.05) is 45.4 Å². The summed E-state index contributed by atoms with van der Waals surface area (Å²) < 4.78 is 17.4. The molecule has 42 heavy (non-hydrogen) atoms. The van der Waals surface area contributed by atoms with Crippen LogP contribution in [0, 0.1) is 11.3 Å². The first-order chi connectivity index (χ1) is 20.1. The molecule has 2 aromatic carbocycles. The summed E-state index contributed by atoms with van der Waals surface area (Å²) in [7, 11) is 5.78. The van der Waals surface area contributed by atoms with E-state index in [0.29, 0.717) is 43.1 Å². The topological polar surface area (TPSA) is 97.4 Å². The second-order valence-corrected chi connectivity index (χ2v) is 11.6. The second kappa shape index (κ2) is 13.6. The van der Waals surface area contributed by atoms with E-state index in [2.05, 4.69) is 12.2 Å². The van der Waals surface area contributed by atoms with E-state index in [0.717, 1.165) is 30.5 Å². The molecular formula is C33H45N3O6. The molecule has 2 amide bonds. The molecule has 9 nitrogen and oxygen atoms in total. The van der Waals surface area contributed by atoms with E-state index in [1.165, 1.54) is 0 Å². The molecule has 1 aliphatic heterocycles. The fraction of sp³-hybridized carbons (Fsp3) is 0.545. The van der Waals surface area contributed by atoms with Crippen molar-refractivity contribution >= 4 is 17.6 Å². The Morgan fingerprint density at radius 2 is 1.69 bits per heavy atom. The van der Waals surface area contributed by atoms with E-state index >= 15 is 0 Å². The van der Waals surface area contributed by atoms with Gasteiger partial charge in [0.05, 0.1) is 17.9 Å². The van der Waals surface area contributed by atoms with Gasteiger partial charge in [0.1, 0.15) is 17.8 Å². The molecule has 1 fully saturated rings. The molecule has 3 atom stereocenters. The molecule has 9 heteroatoms.